The van der Waals surface area contributed by atoms with Gasteiger partial charge in [0.2, 0.25) is 0 Å². The van der Waals surface area contributed by atoms with Crippen molar-refractivity contribution in [2.75, 3.05) is 5.12 Å². The zero-order chi connectivity index (χ0) is 11.4. The normalized spacial score (nSPS) is 9.33. The van der Waals surface area contributed by atoms with Crippen molar-refractivity contribution >= 4 is 18.1 Å². The van der Waals surface area contributed by atoms with Gasteiger partial charge in [0.05, 0.1) is 9.96 Å². The van der Waals surface area contributed by atoms with Gasteiger partial charge in [-0.25, -0.2) is 0 Å². The number of hydrogen-bond donors (Lipinski definition) is 0. The highest BCUT2D eigenvalue weighted by molar-refractivity contribution is 5.49. The molecule has 0 atom stereocenters. The predicted octanol–water partition coefficient (Wildman–Crippen LogP) is 1.21. The van der Waals surface area contributed by atoms with E-state index in [1.165, 1.54) is 12.1 Å². The molecule has 0 aliphatic rings. The fraction of sp³-hybridized carbons (Fsp3) is 0. The second-order valence-corrected chi connectivity index (χ2v) is 2.44. The molecule has 0 aliphatic carbocycles. The van der Waals surface area contributed by atoms with E-state index in [4.69, 9.17) is 0 Å². The minimum atomic E-state index is -0.784. The summed E-state index contributed by atoms with van der Waals surface area (Å²) in [5.41, 5.74) is -0.0493. The highest BCUT2D eigenvalue weighted by atomic mass is 16.7. The van der Waals surface area contributed by atoms with Gasteiger partial charge in [-0.05, 0) is 12.1 Å². The van der Waals surface area contributed by atoms with Crippen LogP contribution in [-0.4, -0.2) is 16.7 Å². The first-order valence-corrected chi connectivity index (χ1v) is 3.72. The van der Waals surface area contributed by atoms with Crippen LogP contribution in [0.2, 0.25) is 0 Å². The molecule has 0 fully saturated rings. The van der Waals surface area contributed by atoms with E-state index in [0.29, 0.717) is 5.12 Å². The quantitative estimate of drug-likeness (QED) is 0.422. The molecule has 78 valence electrons. The van der Waals surface area contributed by atoms with Crippen LogP contribution in [0.3, 0.4) is 0 Å². The molecule has 0 heterocycles. The van der Waals surface area contributed by atoms with Gasteiger partial charge >= 0.3 is 0 Å². The van der Waals surface area contributed by atoms with E-state index in [2.05, 4.69) is 11.8 Å². The summed E-state index contributed by atoms with van der Waals surface area (Å²) < 4.78 is 0. The maximum atomic E-state index is 10.4. The maximum absolute atomic E-state index is 10.4. The van der Waals surface area contributed by atoms with Gasteiger partial charge < -0.3 is 10.1 Å². The van der Waals surface area contributed by atoms with Crippen LogP contribution < -0.4 is 5.12 Å². The van der Waals surface area contributed by atoms with E-state index in [1.807, 2.05) is 0 Å². The van der Waals surface area contributed by atoms with Crippen molar-refractivity contribution in [2.24, 2.45) is 5.10 Å². The third-order valence-electron chi connectivity index (χ3n) is 1.58. The van der Waals surface area contributed by atoms with Gasteiger partial charge in [0, 0.05) is 22.4 Å². The number of hydrogen-bond acceptors (Lipinski definition) is 5. The van der Waals surface area contributed by atoms with E-state index in [1.54, 1.807) is 0 Å². The van der Waals surface area contributed by atoms with Gasteiger partial charge in [-0.3, -0.25) is 10.1 Å². The van der Waals surface area contributed by atoms with Gasteiger partial charge in [-0.2, -0.15) is 0 Å². The highest BCUT2D eigenvalue weighted by Crippen LogP contribution is 2.19. The molecule has 0 N–H and O–H groups in total. The summed E-state index contributed by atoms with van der Waals surface area (Å²) in [7, 11) is 0. The molecular weight excluding hydrogens is 204 g/mol. The zero-order valence-electron chi connectivity index (χ0n) is 7.44. The summed E-state index contributed by atoms with van der Waals surface area (Å²) in [6.07, 6.45) is 0. The van der Waals surface area contributed by atoms with Crippen molar-refractivity contribution in [1.29, 1.82) is 0 Å². The Morgan fingerprint density at radius 1 is 1.20 bits per heavy atom. The van der Waals surface area contributed by atoms with Crippen molar-refractivity contribution in [3.8, 4) is 0 Å². The number of rotatable bonds is 4. The Bertz CT molecular complexity index is 402. The van der Waals surface area contributed by atoms with Crippen LogP contribution in [0.25, 0.3) is 0 Å². The Morgan fingerprint density at radius 3 is 2.07 bits per heavy atom. The van der Waals surface area contributed by atoms with Gasteiger partial charge in [0.1, 0.15) is 12.4 Å². The Balaban J connectivity index is 3.02. The first-order valence-electron chi connectivity index (χ1n) is 3.72. The molecule has 0 aromatic heterocycles. The first-order chi connectivity index (χ1) is 7.06. The maximum Gasteiger partial charge on any atom is 0.269 e. The molecular formula is C7H6N4O4. The summed E-state index contributed by atoms with van der Waals surface area (Å²) in [6.45, 7) is 3.02. The fourth-order valence-corrected chi connectivity index (χ4v) is 0.935. The van der Waals surface area contributed by atoms with E-state index in [0.717, 1.165) is 12.1 Å². The number of hydrazine groups is 1. The summed E-state index contributed by atoms with van der Waals surface area (Å²) in [6, 6.07) is 4.74. The lowest BCUT2D eigenvalue weighted by molar-refractivity contribution is -0.495. The fourth-order valence-electron chi connectivity index (χ4n) is 0.935. The molecule has 8 heteroatoms. The summed E-state index contributed by atoms with van der Waals surface area (Å²) in [5.74, 6) is 0. The molecule has 0 aliphatic heterocycles. The summed E-state index contributed by atoms with van der Waals surface area (Å²) >= 11 is 0. The molecule has 1 aromatic carbocycles. The van der Waals surface area contributed by atoms with E-state index >= 15 is 0 Å². The molecule has 0 unspecified atom stereocenters. The molecule has 0 spiro atoms. The molecule has 0 saturated heterocycles. The minimum absolute atomic E-state index is 0.0978. The molecule has 15 heavy (non-hydrogen) atoms. The van der Waals surface area contributed by atoms with Crippen LogP contribution in [-0.2, 0) is 0 Å². The Labute approximate surface area is 83.7 Å². The third-order valence-corrected chi connectivity index (χ3v) is 1.58. The SMILES string of the molecule is C=NN(c1ccc([N+](=O)[O-])cc1)[N+](=O)[O-]. The molecule has 1 aromatic rings. The van der Waals surface area contributed by atoms with Gasteiger partial charge in [0.15, 0.2) is 0 Å². The molecule has 1 rings (SSSR count). The molecule has 0 amide bonds. The van der Waals surface area contributed by atoms with Crippen molar-refractivity contribution in [3.05, 3.63) is 44.5 Å². The summed E-state index contributed by atoms with van der Waals surface area (Å²) in [5, 5.41) is 23.5. The van der Waals surface area contributed by atoms with Gasteiger partial charge in [0.25, 0.3) is 5.69 Å². The number of non-ortho nitro benzene ring substituents is 1. The zero-order valence-corrected chi connectivity index (χ0v) is 7.44. The van der Waals surface area contributed by atoms with Crippen LogP contribution in [0, 0.1) is 20.2 Å². The van der Waals surface area contributed by atoms with Gasteiger partial charge in [-0.1, -0.05) is 0 Å². The Morgan fingerprint density at radius 2 is 1.73 bits per heavy atom. The topological polar surface area (TPSA) is 102 Å². The molecule has 0 saturated carbocycles. The van der Waals surface area contributed by atoms with Crippen LogP contribution in [0.1, 0.15) is 0 Å². The third kappa shape index (κ3) is 2.24. The lowest BCUT2D eigenvalue weighted by Crippen LogP contribution is -2.22. The molecule has 8 nitrogen and oxygen atoms in total. The standard InChI is InChI=1S/C7H6N4O4/c1-8-9(11(14)15)6-2-4-7(5-3-6)10(12)13/h2-5H,1H2. The lowest BCUT2D eigenvalue weighted by Gasteiger charge is -2.06. The largest absolute Gasteiger partial charge is 0.339 e. The average Bonchev–Trinajstić information content (AvgIpc) is 2.19. The minimum Gasteiger partial charge on any atom is -0.339 e. The van der Waals surface area contributed by atoms with Crippen molar-refractivity contribution < 1.29 is 9.96 Å². The van der Waals surface area contributed by atoms with Crippen molar-refractivity contribution in [1.82, 2.24) is 0 Å². The monoisotopic (exact) mass is 210 g/mol. The van der Waals surface area contributed by atoms with Crippen LogP contribution in [0.15, 0.2) is 29.4 Å². The second-order valence-electron chi connectivity index (χ2n) is 2.44. The van der Waals surface area contributed by atoms with E-state index in [-0.39, 0.29) is 11.4 Å². The number of hydrazone groups is 1. The van der Waals surface area contributed by atoms with Crippen molar-refractivity contribution in [2.45, 2.75) is 0 Å². The van der Waals surface area contributed by atoms with Gasteiger partial charge in [-0.15, -0.1) is 0 Å². The van der Waals surface area contributed by atoms with E-state index in [9.17, 15) is 20.2 Å². The summed E-state index contributed by atoms with van der Waals surface area (Å²) in [4.78, 5) is 20.1. The number of nitro benzene ring substituents is 1. The smallest absolute Gasteiger partial charge is 0.269 e. The van der Waals surface area contributed by atoms with Crippen LogP contribution >= 0.6 is 0 Å². The lowest BCUT2D eigenvalue weighted by atomic mass is 10.3. The molecule has 0 bridgehead atoms. The second kappa shape index (κ2) is 4.13. The van der Waals surface area contributed by atoms with Crippen molar-refractivity contribution in [3.63, 3.8) is 0 Å². The molecule has 0 radical (unpaired) electrons. The number of anilines is 1. The average molecular weight is 210 g/mol. The Kier molecular flexibility index (Phi) is 2.91. The Hall–Kier alpha value is -2.51. The highest BCUT2D eigenvalue weighted by Gasteiger charge is 2.15. The predicted molar refractivity (Wildman–Crippen MR) is 52.1 cm³/mol. The number of nitrogens with zero attached hydrogens (tertiary/aromatic N) is 4. The van der Waals surface area contributed by atoms with Crippen LogP contribution in [0.4, 0.5) is 11.4 Å². The van der Waals surface area contributed by atoms with Crippen LogP contribution in [0.5, 0.6) is 0 Å². The number of benzene rings is 1. The first kappa shape index (κ1) is 10.6. The van der Waals surface area contributed by atoms with E-state index < -0.39 is 9.96 Å². The number of nitro groups is 2.